The third kappa shape index (κ3) is 2.96. The number of benzene rings is 1. The lowest BCUT2D eigenvalue weighted by Gasteiger charge is -2.12. The molecule has 0 saturated heterocycles. The SMILES string of the molecule is Cc1ccccc1Nc1cc(N)c(C(F)(F)F)cn1. The molecule has 3 nitrogen and oxygen atoms in total. The smallest absolute Gasteiger partial charge is 0.398 e. The number of anilines is 3. The Morgan fingerprint density at radius 3 is 2.47 bits per heavy atom. The Morgan fingerprint density at radius 1 is 1.21 bits per heavy atom. The van der Waals surface area contributed by atoms with Crippen LogP contribution in [0, 0.1) is 6.92 Å². The molecule has 1 heterocycles. The second-order valence-electron chi connectivity index (χ2n) is 4.09. The lowest BCUT2D eigenvalue weighted by molar-refractivity contribution is -0.137. The van der Waals surface area contributed by atoms with Crippen LogP contribution in [0.3, 0.4) is 0 Å². The molecular weight excluding hydrogens is 255 g/mol. The number of halogens is 3. The molecule has 2 rings (SSSR count). The molecule has 0 radical (unpaired) electrons. The summed E-state index contributed by atoms with van der Waals surface area (Å²) >= 11 is 0. The van der Waals surface area contributed by atoms with Crippen molar-refractivity contribution in [3.63, 3.8) is 0 Å². The van der Waals surface area contributed by atoms with E-state index in [0.29, 0.717) is 0 Å². The predicted molar refractivity (Wildman–Crippen MR) is 68.1 cm³/mol. The summed E-state index contributed by atoms with van der Waals surface area (Å²) in [4.78, 5) is 3.73. The van der Waals surface area contributed by atoms with E-state index in [1.54, 1.807) is 0 Å². The zero-order valence-electron chi connectivity index (χ0n) is 10.1. The highest BCUT2D eigenvalue weighted by Gasteiger charge is 2.33. The number of nitrogens with zero attached hydrogens (tertiary/aromatic N) is 1. The Morgan fingerprint density at radius 2 is 1.89 bits per heavy atom. The molecule has 2 aromatic rings. The molecule has 0 aliphatic rings. The maximum Gasteiger partial charge on any atom is 0.419 e. The summed E-state index contributed by atoms with van der Waals surface area (Å²) in [6, 6.07) is 8.56. The van der Waals surface area contributed by atoms with Crippen molar-refractivity contribution in [3.8, 4) is 0 Å². The van der Waals surface area contributed by atoms with Crippen LogP contribution >= 0.6 is 0 Å². The molecule has 100 valence electrons. The van der Waals surface area contributed by atoms with Crippen molar-refractivity contribution < 1.29 is 13.2 Å². The number of rotatable bonds is 2. The molecule has 1 aromatic heterocycles. The van der Waals surface area contributed by atoms with Gasteiger partial charge in [-0.25, -0.2) is 4.98 Å². The number of para-hydroxylation sites is 1. The monoisotopic (exact) mass is 267 g/mol. The first-order chi connectivity index (χ1) is 8.88. The number of hydrogen-bond donors (Lipinski definition) is 2. The van der Waals surface area contributed by atoms with Crippen LogP contribution in [0.4, 0.5) is 30.4 Å². The number of hydrogen-bond acceptors (Lipinski definition) is 3. The van der Waals surface area contributed by atoms with Gasteiger partial charge in [-0.1, -0.05) is 18.2 Å². The fourth-order valence-corrected chi connectivity index (χ4v) is 1.63. The highest BCUT2D eigenvalue weighted by Crippen LogP contribution is 2.34. The molecule has 0 atom stereocenters. The topological polar surface area (TPSA) is 50.9 Å². The predicted octanol–water partition coefficient (Wildman–Crippen LogP) is 3.73. The van der Waals surface area contributed by atoms with Crippen LogP contribution in [0.15, 0.2) is 36.5 Å². The number of nitrogen functional groups attached to an aromatic ring is 1. The molecule has 1 aromatic carbocycles. The van der Waals surface area contributed by atoms with Crippen LogP contribution < -0.4 is 11.1 Å². The number of aromatic nitrogens is 1. The van der Waals surface area contributed by atoms with E-state index in [2.05, 4.69) is 10.3 Å². The molecule has 19 heavy (non-hydrogen) atoms. The van der Waals surface area contributed by atoms with Gasteiger partial charge in [-0.05, 0) is 18.6 Å². The van der Waals surface area contributed by atoms with E-state index in [9.17, 15) is 13.2 Å². The Bertz CT molecular complexity index is 594. The van der Waals surface area contributed by atoms with Gasteiger partial charge in [0.15, 0.2) is 0 Å². The molecule has 0 amide bonds. The van der Waals surface area contributed by atoms with Crippen LogP contribution in [0.5, 0.6) is 0 Å². The molecule has 6 heteroatoms. The minimum absolute atomic E-state index is 0.278. The van der Waals surface area contributed by atoms with E-state index in [-0.39, 0.29) is 11.5 Å². The quantitative estimate of drug-likeness (QED) is 0.871. The van der Waals surface area contributed by atoms with Gasteiger partial charge in [-0.2, -0.15) is 13.2 Å². The van der Waals surface area contributed by atoms with Gasteiger partial charge >= 0.3 is 6.18 Å². The van der Waals surface area contributed by atoms with Gasteiger partial charge in [0, 0.05) is 23.6 Å². The second kappa shape index (κ2) is 4.79. The van der Waals surface area contributed by atoms with Gasteiger partial charge in [-0.3, -0.25) is 0 Å². The Hall–Kier alpha value is -2.24. The minimum Gasteiger partial charge on any atom is -0.398 e. The lowest BCUT2D eigenvalue weighted by Crippen LogP contribution is -2.10. The van der Waals surface area contributed by atoms with Gasteiger partial charge in [0.1, 0.15) is 5.82 Å². The fraction of sp³-hybridized carbons (Fsp3) is 0.154. The van der Waals surface area contributed by atoms with Crippen molar-refractivity contribution in [2.24, 2.45) is 0 Å². The largest absolute Gasteiger partial charge is 0.419 e. The summed E-state index contributed by atoms with van der Waals surface area (Å²) in [7, 11) is 0. The van der Waals surface area contributed by atoms with Crippen LogP contribution in [0.1, 0.15) is 11.1 Å². The fourth-order valence-electron chi connectivity index (χ4n) is 1.63. The number of pyridine rings is 1. The summed E-state index contributed by atoms with van der Waals surface area (Å²) in [5, 5.41) is 2.93. The molecule has 0 fully saturated rings. The van der Waals surface area contributed by atoms with Crippen molar-refractivity contribution in [2.75, 3.05) is 11.1 Å². The second-order valence-corrected chi connectivity index (χ2v) is 4.09. The van der Waals surface area contributed by atoms with Gasteiger partial charge in [0.2, 0.25) is 0 Å². The number of aryl methyl sites for hydroxylation is 1. The van der Waals surface area contributed by atoms with Crippen LogP contribution in [0.25, 0.3) is 0 Å². The summed E-state index contributed by atoms with van der Waals surface area (Å²) in [5.41, 5.74) is 5.86. The summed E-state index contributed by atoms with van der Waals surface area (Å²) in [5.74, 6) is 0.278. The van der Waals surface area contributed by atoms with E-state index in [1.165, 1.54) is 6.07 Å². The van der Waals surface area contributed by atoms with Crippen LogP contribution in [-0.4, -0.2) is 4.98 Å². The molecule has 0 unspecified atom stereocenters. The molecule has 0 spiro atoms. The highest BCUT2D eigenvalue weighted by atomic mass is 19.4. The highest BCUT2D eigenvalue weighted by molar-refractivity contribution is 5.64. The number of alkyl halides is 3. The van der Waals surface area contributed by atoms with Crippen LogP contribution in [-0.2, 0) is 6.18 Å². The summed E-state index contributed by atoms with van der Waals surface area (Å²) in [6.07, 6.45) is -3.76. The van der Waals surface area contributed by atoms with Crippen LogP contribution in [0.2, 0.25) is 0 Å². The molecule has 0 saturated carbocycles. The Balaban J connectivity index is 2.29. The molecule has 0 aliphatic carbocycles. The van der Waals surface area contributed by atoms with Crippen molar-refractivity contribution in [2.45, 2.75) is 13.1 Å². The molecule has 3 N–H and O–H groups in total. The van der Waals surface area contributed by atoms with Crippen molar-refractivity contribution in [3.05, 3.63) is 47.7 Å². The molecule has 0 aliphatic heterocycles. The van der Waals surface area contributed by atoms with Crippen molar-refractivity contribution >= 4 is 17.2 Å². The lowest BCUT2D eigenvalue weighted by atomic mass is 10.2. The standard InChI is InChI=1S/C13H12F3N3/c1-8-4-2-3-5-11(8)19-12-6-10(17)9(7-18-12)13(14,15)16/h2-7H,1H3,(H3,17,18,19). The van der Waals surface area contributed by atoms with Gasteiger partial charge in [0.05, 0.1) is 5.56 Å². The van der Waals surface area contributed by atoms with E-state index in [4.69, 9.17) is 5.73 Å². The number of nitrogens with two attached hydrogens (primary N) is 1. The third-order valence-electron chi connectivity index (χ3n) is 2.65. The van der Waals surface area contributed by atoms with Gasteiger partial charge < -0.3 is 11.1 Å². The summed E-state index contributed by atoms with van der Waals surface area (Å²) in [6.45, 7) is 1.88. The first-order valence-corrected chi connectivity index (χ1v) is 5.53. The maximum absolute atomic E-state index is 12.5. The normalized spacial score (nSPS) is 11.4. The zero-order valence-corrected chi connectivity index (χ0v) is 10.1. The van der Waals surface area contributed by atoms with Gasteiger partial charge in [0.25, 0.3) is 0 Å². The minimum atomic E-state index is -4.49. The third-order valence-corrected chi connectivity index (χ3v) is 2.65. The number of nitrogens with one attached hydrogen (secondary N) is 1. The average molecular weight is 267 g/mol. The van der Waals surface area contributed by atoms with E-state index in [0.717, 1.165) is 17.4 Å². The zero-order chi connectivity index (χ0) is 14.0. The van der Waals surface area contributed by atoms with E-state index >= 15 is 0 Å². The van der Waals surface area contributed by atoms with E-state index in [1.807, 2.05) is 31.2 Å². The van der Waals surface area contributed by atoms with E-state index < -0.39 is 11.7 Å². The molecule has 0 bridgehead atoms. The van der Waals surface area contributed by atoms with Gasteiger partial charge in [-0.15, -0.1) is 0 Å². The molecular formula is C13H12F3N3. The first-order valence-electron chi connectivity index (χ1n) is 5.53. The average Bonchev–Trinajstić information content (AvgIpc) is 2.30. The Kier molecular flexibility index (Phi) is 3.33. The van der Waals surface area contributed by atoms with Crippen molar-refractivity contribution in [1.82, 2.24) is 4.98 Å². The summed E-state index contributed by atoms with van der Waals surface area (Å²) < 4.78 is 37.6. The van der Waals surface area contributed by atoms with Crippen molar-refractivity contribution in [1.29, 1.82) is 0 Å². The maximum atomic E-state index is 12.5. The Labute approximate surface area is 108 Å². The first kappa shape index (κ1) is 13.2.